The molecule has 0 spiro atoms. The second-order valence-electron chi connectivity index (χ2n) is 4.33. The first kappa shape index (κ1) is 15.7. The molecule has 1 aromatic carbocycles. The summed E-state index contributed by atoms with van der Waals surface area (Å²) in [4.78, 5) is 0. The molecular formula is C13H15BrN4O2S. The second kappa shape index (κ2) is 6.86. The number of sulfonamides is 1. The number of aromatic nitrogens is 2. The second-order valence-corrected chi connectivity index (χ2v) is 7.03. The SMILES string of the molecule is CCCS(=O)(=O)Nc1ccc(Nc2ccccc2Br)nn1. The molecule has 0 aliphatic rings. The first-order chi connectivity index (χ1) is 10.00. The van der Waals surface area contributed by atoms with E-state index in [1.165, 1.54) is 0 Å². The maximum atomic E-state index is 11.6. The van der Waals surface area contributed by atoms with E-state index < -0.39 is 10.0 Å². The zero-order valence-corrected chi connectivity index (χ0v) is 13.8. The number of nitrogens with one attached hydrogen (secondary N) is 2. The molecule has 0 radical (unpaired) electrons. The van der Waals surface area contributed by atoms with Crippen LogP contribution >= 0.6 is 15.9 Å². The number of hydrogen-bond acceptors (Lipinski definition) is 5. The Morgan fingerprint density at radius 1 is 1.10 bits per heavy atom. The van der Waals surface area contributed by atoms with Gasteiger partial charge in [-0.1, -0.05) is 19.1 Å². The number of anilines is 3. The van der Waals surface area contributed by atoms with E-state index in [4.69, 9.17) is 0 Å². The Kier molecular flexibility index (Phi) is 5.13. The standard InChI is InChI=1S/C13H15BrN4O2S/c1-2-9-21(19,20)18-13-8-7-12(16-17-13)15-11-6-4-3-5-10(11)14/h3-8H,2,9H2,1H3,(H,15,16)(H,17,18). The summed E-state index contributed by atoms with van der Waals surface area (Å²) < 4.78 is 26.5. The van der Waals surface area contributed by atoms with Crippen LogP contribution in [0.25, 0.3) is 0 Å². The third-order valence-corrected chi connectivity index (χ3v) is 4.69. The number of halogens is 1. The van der Waals surface area contributed by atoms with Gasteiger partial charge in [0.25, 0.3) is 0 Å². The van der Waals surface area contributed by atoms with Gasteiger partial charge in [-0.2, -0.15) is 0 Å². The van der Waals surface area contributed by atoms with Crippen LogP contribution in [0.2, 0.25) is 0 Å². The molecule has 112 valence electrons. The van der Waals surface area contributed by atoms with Gasteiger partial charge in [-0.15, -0.1) is 10.2 Å². The first-order valence-corrected chi connectivity index (χ1v) is 8.80. The Hall–Kier alpha value is -1.67. The van der Waals surface area contributed by atoms with Crippen molar-refractivity contribution < 1.29 is 8.42 Å². The highest BCUT2D eigenvalue weighted by Gasteiger charge is 2.10. The van der Waals surface area contributed by atoms with Gasteiger partial charge in [0.05, 0.1) is 11.4 Å². The predicted octanol–water partition coefficient (Wildman–Crippen LogP) is 3.13. The Labute approximate surface area is 132 Å². The fourth-order valence-electron chi connectivity index (χ4n) is 1.63. The topological polar surface area (TPSA) is 84.0 Å². The summed E-state index contributed by atoms with van der Waals surface area (Å²) in [6, 6.07) is 10.8. The summed E-state index contributed by atoms with van der Waals surface area (Å²) >= 11 is 3.42. The van der Waals surface area contributed by atoms with Crippen LogP contribution < -0.4 is 10.0 Å². The zero-order chi connectivity index (χ0) is 15.3. The molecule has 0 bridgehead atoms. The van der Waals surface area contributed by atoms with Gasteiger partial charge in [0, 0.05) is 4.47 Å². The molecule has 2 N–H and O–H groups in total. The number of rotatable bonds is 6. The maximum absolute atomic E-state index is 11.6. The Morgan fingerprint density at radius 3 is 2.38 bits per heavy atom. The van der Waals surface area contributed by atoms with Crippen molar-refractivity contribution in [3.63, 3.8) is 0 Å². The Bertz CT molecular complexity index is 704. The van der Waals surface area contributed by atoms with Gasteiger partial charge in [0.1, 0.15) is 0 Å². The van der Waals surface area contributed by atoms with Crippen LogP contribution in [-0.4, -0.2) is 24.4 Å². The number of benzene rings is 1. The van der Waals surface area contributed by atoms with Crippen LogP contribution in [0.5, 0.6) is 0 Å². The molecule has 0 fully saturated rings. The third-order valence-electron chi connectivity index (χ3n) is 2.53. The largest absolute Gasteiger partial charge is 0.338 e. The molecule has 0 atom stereocenters. The van der Waals surface area contributed by atoms with Crippen molar-refractivity contribution in [2.75, 3.05) is 15.8 Å². The maximum Gasteiger partial charge on any atom is 0.233 e. The third kappa shape index (κ3) is 4.68. The van der Waals surface area contributed by atoms with Crippen LogP contribution in [0.4, 0.5) is 17.3 Å². The normalized spacial score (nSPS) is 11.1. The monoisotopic (exact) mass is 370 g/mol. The molecule has 0 aliphatic heterocycles. The van der Waals surface area contributed by atoms with E-state index in [1.807, 2.05) is 24.3 Å². The lowest BCUT2D eigenvalue weighted by Gasteiger charge is -2.08. The van der Waals surface area contributed by atoms with Gasteiger partial charge in [0.15, 0.2) is 11.6 Å². The van der Waals surface area contributed by atoms with E-state index in [2.05, 4.69) is 36.2 Å². The van der Waals surface area contributed by atoms with E-state index in [0.717, 1.165) is 10.2 Å². The summed E-state index contributed by atoms with van der Waals surface area (Å²) in [5.74, 6) is 0.799. The fourth-order valence-corrected chi connectivity index (χ4v) is 3.08. The average Bonchev–Trinajstić information content (AvgIpc) is 2.43. The lowest BCUT2D eigenvalue weighted by Crippen LogP contribution is -2.17. The molecule has 1 aromatic heterocycles. The van der Waals surface area contributed by atoms with Crippen molar-refractivity contribution in [1.29, 1.82) is 0 Å². The summed E-state index contributed by atoms with van der Waals surface area (Å²) in [6.45, 7) is 1.80. The zero-order valence-electron chi connectivity index (χ0n) is 11.4. The van der Waals surface area contributed by atoms with Gasteiger partial charge in [0.2, 0.25) is 10.0 Å². The van der Waals surface area contributed by atoms with E-state index in [0.29, 0.717) is 12.2 Å². The molecule has 0 amide bonds. The lowest BCUT2D eigenvalue weighted by atomic mass is 10.3. The van der Waals surface area contributed by atoms with Gasteiger partial charge in [-0.05, 0) is 46.6 Å². The van der Waals surface area contributed by atoms with Crippen molar-refractivity contribution in [2.24, 2.45) is 0 Å². The van der Waals surface area contributed by atoms with E-state index >= 15 is 0 Å². The van der Waals surface area contributed by atoms with E-state index in [9.17, 15) is 8.42 Å². The van der Waals surface area contributed by atoms with Crippen LogP contribution in [0.1, 0.15) is 13.3 Å². The van der Waals surface area contributed by atoms with Crippen molar-refractivity contribution in [2.45, 2.75) is 13.3 Å². The van der Waals surface area contributed by atoms with Crippen molar-refractivity contribution in [3.8, 4) is 0 Å². The van der Waals surface area contributed by atoms with Crippen molar-refractivity contribution in [3.05, 3.63) is 40.9 Å². The highest BCUT2D eigenvalue weighted by molar-refractivity contribution is 9.10. The van der Waals surface area contributed by atoms with Crippen LogP contribution in [0, 0.1) is 0 Å². The predicted molar refractivity (Wildman–Crippen MR) is 87.2 cm³/mol. The van der Waals surface area contributed by atoms with Gasteiger partial charge < -0.3 is 5.32 Å². The summed E-state index contributed by atoms with van der Waals surface area (Å²) in [5.41, 5.74) is 0.853. The minimum atomic E-state index is -3.34. The van der Waals surface area contributed by atoms with Gasteiger partial charge >= 0.3 is 0 Å². The number of para-hydroxylation sites is 1. The smallest absolute Gasteiger partial charge is 0.233 e. The van der Waals surface area contributed by atoms with E-state index in [1.54, 1.807) is 19.1 Å². The van der Waals surface area contributed by atoms with Gasteiger partial charge in [-0.3, -0.25) is 4.72 Å². The molecule has 0 saturated heterocycles. The number of hydrogen-bond donors (Lipinski definition) is 2. The van der Waals surface area contributed by atoms with Crippen LogP contribution in [-0.2, 0) is 10.0 Å². The lowest BCUT2D eigenvalue weighted by molar-refractivity contribution is 0.599. The molecule has 2 rings (SSSR count). The first-order valence-electron chi connectivity index (χ1n) is 6.36. The molecule has 6 nitrogen and oxygen atoms in total. The molecule has 2 aromatic rings. The molecule has 8 heteroatoms. The Morgan fingerprint density at radius 2 is 1.76 bits per heavy atom. The Balaban J connectivity index is 2.08. The summed E-state index contributed by atoms with van der Waals surface area (Å²) in [6.07, 6.45) is 0.546. The minimum absolute atomic E-state index is 0.0612. The summed E-state index contributed by atoms with van der Waals surface area (Å²) in [5, 5.41) is 10.9. The molecule has 0 aliphatic carbocycles. The van der Waals surface area contributed by atoms with Crippen molar-refractivity contribution in [1.82, 2.24) is 10.2 Å². The van der Waals surface area contributed by atoms with Crippen molar-refractivity contribution >= 4 is 43.3 Å². The highest BCUT2D eigenvalue weighted by Crippen LogP contribution is 2.24. The molecular weight excluding hydrogens is 356 g/mol. The summed E-state index contributed by atoms with van der Waals surface area (Å²) in [7, 11) is -3.34. The average molecular weight is 371 g/mol. The van der Waals surface area contributed by atoms with Gasteiger partial charge in [-0.25, -0.2) is 8.42 Å². The fraction of sp³-hybridized carbons (Fsp3) is 0.231. The molecule has 1 heterocycles. The molecule has 0 unspecified atom stereocenters. The highest BCUT2D eigenvalue weighted by atomic mass is 79.9. The minimum Gasteiger partial charge on any atom is -0.338 e. The van der Waals surface area contributed by atoms with E-state index in [-0.39, 0.29) is 11.6 Å². The number of nitrogens with zero attached hydrogens (tertiary/aromatic N) is 2. The quantitative estimate of drug-likeness (QED) is 0.815. The molecule has 21 heavy (non-hydrogen) atoms. The van der Waals surface area contributed by atoms with Crippen LogP contribution in [0.3, 0.4) is 0 Å². The molecule has 0 saturated carbocycles. The van der Waals surface area contributed by atoms with Crippen LogP contribution in [0.15, 0.2) is 40.9 Å².